The first-order valence-corrected chi connectivity index (χ1v) is 11.1. The van der Waals surface area contributed by atoms with Crippen LogP contribution >= 0.6 is 0 Å². The first kappa shape index (κ1) is 22.4. The van der Waals surface area contributed by atoms with Crippen molar-refractivity contribution in [3.8, 4) is 22.8 Å². The van der Waals surface area contributed by atoms with Crippen LogP contribution in [-0.4, -0.2) is 81.3 Å². The number of hydrogen-bond acceptors (Lipinski definition) is 8. The number of rotatable bonds is 5. The molecular formula is C24H24N6O5. The normalized spacial score (nSPS) is 15.9. The molecule has 4 heterocycles. The molecule has 1 aliphatic heterocycles. The number of aromatic nitrogens is 4. The van der Waals surface area contributed by atoms with E-state index in [0.717, 1.165) is 11.3 Å². The molecule has 0 bridgehead atoms. The number of carbonyl (C=O) groups excluding carboxylic acids is 2. The quantitative estimate of drug-likeness (QED) is 0.431. The van der Waals surface area contributed by atoms with E-state index in [1.54, 1.807) is 40.8 Å². The van der Waals surface area contributed by atoms with E-state index in [1.165, 1.54) is 12.3 Å². The average molecular weight is 476 g/mol. The minimum Gasteiger partial charge on any atom is -0.493 e. The fraction of sp³-hybridized carbons (Fsp3) is 0.292. The van der Waals surface area contributed by atoms with Gasteiger partial charge in [0.25, 0.3) is 11.8 Å². The summed E-state index contributed by atoms with van der Waals surface area (Å²) in [5, 5.41) is 8.17. The van der Waals surface area contributed by atoms with Crippen molar-refractivity contribution in [2.45, 2.75) is 13.0 Å². The van der Waals surface area contributed by atoms with Gasteiger partial charge in [-0.15, -0.1) is 0 Å². The molecule has 0 saturated carbocycles. The highest BCUT2D eigenvalue weighted by Crippen LogP contribution is 2.32. The zero-order chi connectivity index (χ0) is 24.5. The predicted octanol–water partition coefficient (Wildman–Crippen LogP) is 2.39. The van der Waals surface area contributed by atoms with Gasteiger partial charge in [0, 0.05) is 49.6 Å². The second-order valence-electron chi connectivity index (χ2n) is 8.17. The minimum absolute atomic E-state index is 0.186. The molecule has 35 heavy (non-hydrogen) atoms. The monoisotopic (exact) mass is 476 g/mol. The van der Waals surface area contributed by atoms with Gasteiger partial charge < -0.3 is 23.8 Å². The van der Waals surface area contributed by atoms with E-state index in [2.05, 4.69) is 15.2 Å². The number of benzene rings is 1. The molecule has 3 aromatic heterocycles. The van der Waals surface area contributed by atoms with Crippen molar-refractivity contribution in [1.29, 1.82) is 0 Å². The van der Waals surface area contributed by atoms with E-state index in [0.29, 0.717) is 36.8 Å². The third-order valence-corrected chi connectivity index (χ3v) is 6.08. The van der Waals surface area contributed by atoms with Crippen LogP contribution < -0.4 is 9.47 Å². The Balaban J connectivity index is 1.38. The number of methoxy groups -OCH3 is 2. The Morgan fingerprint density at radius 3 is 2.54 bits per heavy atom. The molecule has 5 rings (SSSR count). The van der Waals surface area contributed by atoms with Crippen molar-refractivity contribution in [3.05, 3.63) is 60.2 Å². The lowest BCUT2D eigenvalue weighted by atomic mass is 10.1. The Morgan fingerprint density at radius 2 is 1.83 bits per heavy atom. The van der Waals surface area contributed by atoms with Crippen molar-refractivity contribution in [2.75, 3.05) is 33.9 Å². The van der Waals surface area contributed by atoms with Crippen molar-refractivity contribution < 1.29 is 23.6 Å². The highest BCUT2D eigenvalue weighted by Gasteiger charge is 2.33. The summed E-state index contributed by atoms with van der Waals surface area (Å²) in [6.45, 7) is 3.04. The van der Waals surface area contributed by atoms with E-state index in [9.17, 15) is 9.59 Å². The zero-order valence-corrected chi connectivity index (χ0v) is 19.5. The largest absolute Gasteiger partial charge is 0.493 e. The van der Waals surface area contributed by atoms with E-state index >= 15 is 0 Å². The maximum atomic E-state index is 13.3. The first-order chi connectivity index (χ1) is 17.0. The Hall–Kier alpha value is -4.41. The number of amides is 2. The van der Waals surface area contributed by atoms with Crippen molar-refractivity contribution >= 4 is 17.5 Å². The highest BCUT2D eigenvalue weighted by atomic mass is 16.5. The first-order valence-electron chi connectivity index (χ1n) is 11.1. The summed E-state index contributed by atoms with van der Waals surface area (Å²) >= 11 is 0. The molecule has 1 atom stereocenters. The molecular weight excluding hydrogens is 452 g/mol. The number of nitrogens with zero attached hydrogens (tertiary/aromatic N) is 6. The van der Waals surface area contributed by atoms with Gasteiger partial charge >= 0.3 is 0 Å². The Morgan fingerprint density at radius 1 is 1.00 bits per heavy atom. The predicted molar refractivity (Wildman–Crippen MR) is 124 cm³/mol. The average Bonchev–Trinajstić information content (AvgIpc) is 3.57. The molecule has 1 aliphatic rings. The summed E-state index contributed by atoms with van der Waals surface area (Å²) in [7, 11) is 3.16. The highest BCUT2D eigenvalue weighted by molar-refractivity contribution is 5.94. The lowest BCUT2D eigenvalue weighted by Gasteiger charge is -2.39. The van der Waals surface area contributed by atoms with Crippen LogP contribution in [-0.2, 0) is 0 Å². The fourth-order valence-electron chi connectivity index (χ4n) is 4.29. The molecule has 11 nitrogen and oxygen atoms in total. The van der Waals surface area contributed by atoms with Gasteiger partial charge in [-0.2, -0.15) is 5.10 Å². The Kier molecular flexibility index (Phi) is 5.81. The van der Waals surface area contributed by atoms with Gasteiger partial charge in [-0.25, -0.2) is 9.50 Å². The smallest absolute Gasteiger partial charge is 0.292 e. The summed E-state index contributed by atoms with van der Waals surface area (Å²) in [6.07, 6.45) is 3.11. The van der Waals surface area contributed by atoms with Crippen LogP contribution in [0, 0.1) is 0 Å². The Bertz CT molecular complexity index is 1380. The van der Waals surface area contributed by atoms with Crippen molar-refractivity contribution in [2.24, 2.45) is 0 Å². The van der Waals surface area contributed by atoms with Crippen LogP contribution in [0.1, 0.15) is 28.0 Å². The van der Waals surface area contributed by atoms with Gasteiger partial charge in [-0.3, -0.25) is 9.59 Å². The van der Waals surface area contributed by atoms with Crippen molar-refractivity contribution in [1.82, 2.24) is 29.6 Å². The number of piperazine rings is 1. The molecule has 11 heteroatoms. The summed E-state index contributed by atoms with van der Waals surface area (Å²) < 4.78 is 17.4. The molecule has 4 aromatic rings. The van der Waals surface area contributed by atoms with Crippen LogP contribution in [0.3, 0.4) is 0 Å². The fourth-order valence-corrected chi connectivity index (χ4v) is 4.29. The van der Waals surface area contributed by atoms with E-state index < -0.39 is 0 Å². The van der Waals surface area contributed by atoms with E-state index in [-0.39, 0.29) is 29.3 Å². The number of ether oxygens (including phenoxy) is 2. The van der Waals surface area contributed by atoms with Crippen molar-refractivity contribution in [3.63, 3.8) is 0 Å². The molecule has 1 saturated heterocycles. The van der Waals surface area contributed by atoms with E-state index in [1.807, 2.05) is 31.2 Å². The molecule has 0 N–H and O–H groups in total. The summed E-state index contributed by atoms with van der Waals surface area (Å²) in [5.41, 5.74) is 2.43. The third-order valence-electron chi connectivity index (χ3n) is 6.08. The van der Waals surface area contributed by atoms with E-state index in [4.69, 9.17) is 14.0 Å². The Labute approximate surface area is 200 Å². The van der Waals surface area contributed by atoms with Crippen LogP contribution in [0.15, 0.2) is 53.3 Å². The van der Waals surface area contributed by atoms with Crippen LogP contribution in [0.5, 0.6) is 11.5 Å². The third kappa shape index (κ3) is 4.05. The lowest BCUT2D eigenvalue weighted by molar-refractivity contribution is 0.0387. The second-order valence-corrected chi connectivity index (χ2v) is 8.17. The minimum atomic E-state index is -0.237. The topological polar surface area (TPSA) is 115 Å². The maximum Gasteiger partial charge on any atom is 0.292 e. The molecule has 2 amide bonds. The summed E-state index contributed by atoms with van der Waals surface area (Å²) in [6, 6.07) is 10.4. The SMILES string of the molecule is COc1ccc(-c2ccnc3cc(C(=O)N4CCN(C(=O)c5ccno5)C(C)C4)nn23)cc1OC. The van der Waals surface area contributed by atoms with Crippen LogP contribution in [0.2, 0.25) is 0 Å². The number of hydrogen-bond donors (Lipinski definition) is 0. The van der Waals surface area contributed by atoms with Gasteiger partial charge in [-0.1, -0.05) is 5.16 Å². The van der Waals surface area contributed by atoms with Crippen LogP contribution in [0.4, 0.5) is 0 Å². The second kappa shape index (κ2) is 9.09. The standard InChI is InChI=1S/C24H24N6O5/c1-15-14-28(10-11-29(15)24(32)20-7-9-26-35-20)23(31)17-13-22-25-8-6-18(30(22)27-17)16-4-5-19(33-2)21(12-16)34-3/h4-9,12-13,15H,10-11,14H2,1-3H3. The number of carbonyl (C=O) groups is 2. The molecule has 1 unspecified atom stereocenters. The zero-order valence-electron chi connectivity index (χ0n) is 19.5. The van der Waals surface area contributed by atoms with Gasteiger partial charge in [0.2, 0.25) is 5.76 Å². The molecule has 1 aromatic carbocycles. The molecule has 0 radical (unpaired) electrons. The molecule has 0 aliphatic carbocycles. The van der Waals surface area contributed by atoms with Gasteiger partial charge in [0.1, 0.15) is 0 Å². The number of fused-ring (bicyclic) bond motifs is 1. The summed E-state index contributed by atoms with van der Waals surface area (Å²) in [5.74, 6) is 0.940. The molecule has 1 fully saturated rings. The summed E-state index contributed by atoms with van der Waals surface area (Å²) in [4.78, 5) is 33.7. The molecule has 0 spiro atoms. The lowest BCUT2D eigenvalue weighted by Crippen LogP contribution is -2.55. The molecule has 180 valence electrons. The van der Waals surface area contributed by atoms with Gasteiger partial charge in [0.15, 0.2) is 22.8 Å². The van der Waals surface area contributed by atoms with Crippen LogP contribution in [0.25, 0.3) is 16.9 Å². The maximum absolute atomic E-state index is 13.3. The van der Waals surface area contributed by atoms with Gasteiger partial charge in [0.05, 0.1) is 26.1 Å². The van der Waals surface area contributed by atoms with Gasteiger partial charge in [-0.05, 0) is 31.2 Å².